The number of imidazole rings is 1. The van der Waals surface area contributed by atoms with E-state index >= 15 is 0 Å². The largest absolute Gasteiger partial charge is 0.379 e. The van der Waals surface area contributed by atoms with Gasteiger partial charge in [-0.2, -0.15) is 0 Å². The van der Waals surface area contributed by atoms with Gasteiger partial charge in [-0.15, -0.1) is 0 Å². The number of benzene rings is 2. The van der Waals surface area contributed by atoms with Crippen molar-refractivity contribution in [3.05, 3.63) is 89.2 Å². The van der Waals surface area contributed by atoms with Gasteiger partial charge in [-0.3, -0.25) is 9.78 Å². The maximum atomic E-state index is 12.4. The number of hydrogen-bond donors (Lipinski definition) is 1. The van der Waals surface area contributed by atoms with Crippen LogP contribution in [0.4, 0.5) is 0 Å². The summed E-state index contributed by atoms with van der Waals surface area (Å²) in [6, 6.07) is 18.3. The van der Waals surface area contributed by atoms with Gasteiger partial charge in [-0.05, 0) is 56.5 Å². The number of nitrogens with zero attached hydrogens (tertiary/aromatic N) is 3. The summed E-state index contributed by atoms with van der Waals surface area (Å²) in [7, 11) is 0. The molecule has 2 aromatic carbocycles. The Hall–Kier alpha value is -3.16. The van der Waals surface area contributed by atoms with Crippen molar-refractivity contribution in [1.82, 2.24) is 19.9 Å². The molecule has 0 aliphatic carbocycles. The molecule has 0 fully saturated rings. The highest BCUT2D eigenvalue weighted by Gasteiger charge is 2.13. The molecule has 0 unspecified atom stereocenters. The smallest absolute Gasteiger partial charge is 0.251 e. The summed E-state index contributed by atoms with van der Waals surface area (Å²) in [5, 5.41) is 3.91. The van der Waals surface area contributed by atoms with E-state index < -0.39 is 0 Å². The molecule has 0 saturated heterocycles. The minimum atomic E-state index is -0.0545. The fraction of sp³-hybridized carbons (Fsp3) is 0.321. The Morgan fingerprint density at radius 2 is 1.80 bits per heavy atom. The molecule has 0 atom stereocenters. The van der Waals surface area contributed by atoms with Crippen LogP contribution in [0.3, 0.4) is 0 Å². The van der Waals surface area contributed by atoms with Crippen LogP contribution >= 0.6 is 11.8 Å². The van der Waals surface area contributed by atoms with Crippen LogP contribution in [0.2, 0.25) is 0 Å². The number of hydrogen-bond acceptors (Lipinski definition) is 5. The van der Waals surface area contributed by atoms with Crippen LogP contribution in [0.25, 0.3) is 11.0 Å². The fourth-order valence-electron chi connectivity index (χ4n) is 3.68. The quantitative estimate of drug-likeness (QED) is 0.219. The summed E-state index contributed by atoms with van der Waals surface area (Å²) in [5.74, 6) is 0.708. The van der Waals surface area contributed by atoms with Gasteiger partial charge in [-0.25, -0.2) is 4.98 Å². The topological polar surface area (TPSA) is 69.0 Å². The Morgan fingerprint density at radius 1 is 1.06 bits per heavy atom. The van der Waals surface area contributed by atoms with Gasteiger partial charge in [0.2, 0.25) is 0 Å². The molecule has 2 heterocycles. The number of thioether (sulfide) groups is 1. The normalized spacial score (nSPS) is 11.3. The molecule has 0 saturated carbocycles. The van der Waals surface area contributed by atoms with Crippen LogP contribution < -0.4 is 5.32 Å². The van der Waals surface area contributed by atoms with Crippen LogP contribution in [-0.4, -0.2) is 39.7 Å². The van der Waals surface area contributed by atoms with Crippen molar-refractivity contribution in [2.45, 2.75) is 50.8 Å². The van der Waals surface area contributed by atoms with Crippen molar-refractivity contribution in [3.63, 3.8) is 0 Å². The number of fused-ring (bicyclic) bond motifs is 1. The van der Waals surface area contributed by atoms with Crippen LogP contribution in [0.1, 0.15) is 47.3 Å². The summed E-state index contributed by atoms with van der Waals surface area (Å²) < 4.78 is 7.73. The standard InChI is InChI=1S/C28H32N4O2S/c1-20(2)34-16-4-14-30-27(33)24-11-9-23(10-12-24)19-35-28-31-25-13-15-29-17-26(25)32(28)18-22-7-5-21(3)6-8-22/h5-13,15,17,20H,4,14,16,18-19H2,1-3H3,(H,30,33). The van der Waals surface area contributed by atoms with E-state index in [2.05, 4.69) is 46.1 Å². The van der Waals surface area contributed by atoms with Gasteiger partial charge in [0.15, 0.2) is 5.16 Å². The highest BCUT2D eigenvalue weighted by Crippen LogP contribution is 2.27. The first-order valence-corrected chi connectivity index (χ1v) is 13.0. The average Bonchev–Trinajstić information content (AvgIpc) is 3.21. The maximum absolute atomic E-state index is 12.4. The molecule has 1 N–H and O–H groups in total. The van der Waals surface area contributed by atoms with E-state index in [1.807, 2.05) is 50.4 Å². The van der Waals surface area contributed by atoms with E-state index in [0.717, 1.165) is 40.5 Å². The summed E-state index contributed by atoms with van der Waals surface area (Å²) >= 11 is 1.69. The number of pyridine rings is 1. The molecule has 0 bridgehead atoms. The van der Waals surface area contributed by atoms with Crippen molar-refractivity contribution < 1.29 is 9.53 Å². The Balaban J connectivity index is 1.38. The molecular weight excluding hydrogens is 456 g/mol. The minimum Gasteiger partial charge on any atom is -0.379 e. The highest BCUT2D eigenvalue weighted by atomic mass is 32.2. The number of rotatable bonds is 11. The van der Waals surface area contributed by atoms with E-state index in [0.29, 0.717) is 18.7 Å². The molecular formula is C28H32N4O2S. The van der Waals surface area contributed by atoms with Gasteiger partial charge < -0.3 is 14.6 Å². The lowest BCUT2D eigenvalue weighted by Crippen LogP contribution is -2.25. The van der Waals surface area contributed by atoms with Crippen molar-refractivity contribution in [1.29, 1.82) is 0 Å². The van der Waals surface area contributed by atoms with E-state index in [1.165, 1.54) is 11.1 Å². The summed E-state index contributed by atoms with van der Waals surface area (Å²) in [6.45, 7) is 8.12. The Labute approximate surface area is 211 Å². The van der Waals surface area contributed by atoms with Crippen LogP contribution in [0.15, 0.2) is 72.1 Å². The molecule has 0 radical (unpaired) electrons. The summed E-state index contributed by atoms with van der Waals surface area (Å²) in [5.41, 5.74) is 6.26. The molecule has 1 amide bonds. The summed E-state index contributed by atoms with van der Waals surface area (Å²) in [4.78, 5) is 21.6. The van der Waals surface area contributed by atoms with E-state index in [4.69, 9.17) is 9.72 Å². The fourth-order valence-corrected chi connectivity index (χ4v) is 4.65. The molecule has 0 spiro atoms. The number of aryl methyl sites for hydroxylation is 1. The lowest BCUT2D eigenvalue weighted by Gasteiger charge is -2.10. The monoisotopic (exact) mass is 488 g/mol. The number of amides is 1. The van der Waals surface area contributed by atoms with Crippen molar-refractivity contribution in [2.75, 3.05) is 13.2 Å². The predicted molar refractivity (Wildman–Crippen MR) is 142 cm³/mol. The second-order valence-electron chi connectivity index (χ2n) is 8.85. The predicted octanol–water partition coefficient (Wildman–Crippen LogP) is 5.63. The third kappa shape index (κ3) is 6.93. The van der Waals surface area contributed by atoms with E-state index in [-0.39, 0.29) is 12.0 Å². The zero-order chi connectivity index (χ0) is 24.6. The van der Waals surface area contributed by atoms with Gasteiger partial charge in [-0.1, -0.05) is 53.7 Å². The first-order valence-electron chi connectivity index (χ1n) is 12.0. The van der Waals surface area contributed by atoms with E-state index in [1.54, 1.807) is 18.0 Å². The molecule has 4 aromatic rings. The number of aromatic nitrogens is 3. The zero-order valence-electron chi connectivity index (χ0n) is 20.5. The molecule has 2 aromatic heterocycles. The summed E-state index contributed by atoms with van der Waals surface area (Å²) in [6.07, 6.45) is 4.67. The molecule has 6 nitrogen and oxygen atoms in total. The third-order valence-corrected chi connectivity index (χ3v) is 6.67. The van der Waals surface area contributed by atoms with Crippen molar-refractivity contribution >= 4 is 28.7 Å². The SMILES string of the molecule is Cc1ccc(Cn2c(SCc3ccc(C(=O)NCCCOC(C)C)cc3)nc3ccncc32)cc1. The van der Waals surface area contributed by atoms with Crippen LogP contribution in [-0.2, 0) is 17.0 Å². The Bertz CT molecular complexity index is 1250. The number of carbonyl (C=O) groups excluding carboxylic acids is 1. The van der Waals surface area contributed by atoms with E-state index in [9.17, 15) is 4.79 Å². The van der Waals surface area contributed by atoms with Crippen LogP contribution in [0.5, 0.6) is 0 Å². The lowest BCUT2D eigenvalue weighted by molar-refractivity contribution is 0.0757. The minimum absolute atomic E-state index is 0.0545. The first-order chi connectivity index (χ1) is 17.0. The molecule has 4 rings (SSSR count). The number of nitrogens with one attached hydrogen (secondary N) is 1. The maximum Gasteiger partial charge on any atom is 0.251 e. The van der Waals surface area contributed by atoms with Crippen LogP contribution in [0, 0.1) is 6.92 Å². The first kappa shape index (κ1) is 24.9. The molecule has 35 heavy (non-hydrogen) atoms. The average molecular weight is 489 g/mol. The number of ether oxygens (including phenoxy) is 1. The van der Waals surface area contributed by atoms with Gasteiger partial charge >= 0.3 is 0 Å². The number of carbonyl (C=O) groups is 1. The highest BCUT2D eigenvalue weighted by molar-refractivity contribution is 7.98. The van der Waals surface area contributed by atoms with Crippen molar-refractivity contribution in [2.24, 2.45) is 0 Å². The molecule has 0 aliphatic heterocycles. The third-order valence-electron chi connectivity index (χ3n) is 5.62. The second-order valence-corrected chi connectivity index (χ2v) is 9.79. The molecule has 7 heteroatoms. The zero-order valence-corrected chi connectivity index (χ0v) is 21.3. The Morgan fingerprint density at radius 3 is 2.54 bits per heavy atom. The van der Waals surface area contributed by atoms with Gasteiger partial charge in [0.1, 0.15) is 0 Å². The second kappa shape index (κ2) is 12.0. The lowest BCUT2D eigenvalue weighted by atomic mass is 10.1. The van der Waals surface area contributed by atoms with Gasteiger partial charge in [0.05, 0.1) is 29.9 Å². The molecule has 0 aliphatic rings. The van der Waals surface area contributed by atoms with Crippen molar-refractivity contribution in [3.8, 4) is 0 Å². The van der Waals surface area contributed by atoms with Gasteiger partial charge in [0.25, 0.3) is 5.91 Å². The molecule has 182 valence electrons. The Kier molecular flexibility index (Phi) is 8.55. The van der Waals surface area contributed by atoms with Gasteiger partial charge in [0, 0.05) is 30.7 Å².